The second-order valence-electron chi connectivity index (χ2n) is 6.41. The second kappa shape index (κ2) is 4.15. The molecule has 0 heterocycles. The Labute approximate surface area is 113 Å². The summed E-state index contributed by atoms with van der Waals surface area (Å²) in [5, 5.41) is 10.9. The zero-order valence-electron chi connectivity index (χ0n) is 11.8. The third-order valence-electron chi connectivity index (χ3n) is 4.90. The van der Waals surface area contributed by atoms with E-state index in [4.69, 9.17) is 0 Å². The molecule has 1 aromatic rings. The predicted molar refractivity (Wildman–Crippen MR) is 72.9 cm³/mol. The number of hydrogen-bond donors (Lipinski definition) is 0. The molecule has 19 heavy (non-hydrogen) atoms. The highest BCUT2D eigenvalue weighted by atomic mass is 16.6. The molecule has 1 aromatic carbocycles. The van der Waals surface area contributed by atoms with Crippen LogP contribution in [0.4, 0.5) is 5.69 Å². The maximum absolute atomic E-state index is 12.4. The number of hydrogen-bond acceptors (Lipinski definition) is 3. The number of rotatable bonds is 4. The molecule has 0 aromatic heterocycles. The molecule has 0 bridgehead atoms. The summed E-state index contributed by atoms with van der Waals surface area (Å²) < 4.78 is 0. The number of nitro groups is 1. The van der Waals surface area contributed by atoms with Crippen molar-refractivity contribution in [2.75, 3.05) is 0 Å². The third-order valence-corrected chi connectivity index (χ3v) is 4.90. The molecule has 102 valence electrons. The van der Waals surface area contributed by atoms with Crippen LogP contribution in [0.5, 0.6) is 0 Å². The third kappa shape index (κ3) is 2.05. The Balaban J connectivity index is 2.20. The first-order valence-electron chi connectivity index (χ1n) is 6.44. The molecule has 0 spiro atoms. The quantitative estimate of drug-likeness (QED) is 0.616. The molecule has 0 saturated heterocycles. The molecular weight excluding hydrogens is 242 g/mol. The fourth-order valence-corrected chi connectivity index (χ4v) is 3.13. The fraction of sp³-hybridized carbons (Fsp3) is 0.533. The van der Waals surface area contributed by atoms with E-state index in [0.29, 0.717) is 5.56 Å². The van der Waals surface area contributed by atoms with Crippen molar-refractivity contribution < 1.29 is 9.72 Å². The molecule has 0 unspecified atom stereocenters. The van der Waals surface area contributed by atoms with Gasteiger partial charge in [-0.05, 0) is 10.8 Å². The van der Waals surface area contributed by atoms with Crippen LogP contribution in [0.25, 0.3) is 0 Å². The zero-order valence-corrected chi connectivity index (χ0v) is 11.8. The lowest BCUT2D eigenvalue weighted by molar-refractivity contribution is -0.385. The lowest BCUT2D eigenvalue weighted by atomic mass is 10.00. The smallest absolute Gasteiger partial charge is 0.273 e. The molecule has 0 radical (unpaired) electrons. The van der Waals surface area contributed by atoms with Gasteiger partial charge in [0.2, 0.25) is 0 Å². The van der Waals surface area contributed by atoms with Gasteiger partial charge in [-0.3, -0.25) is 14.9 Å². The van der Waals surface area contributed by atoms with Gasteiger partial charge < -0.3 is 0 Å². The van der Waals surface area contributed by atoms with Crippen LogP contribution in [0.15, 0.2) is 24.3 Å². The lowest BCUT2D eigenvalue weighted by Gasteiger charge is -2.03. The van der Waals surface area contributed by atoms with Crippen LogP contribution in [0.1, 0.15) is 33.3 Å². The Morgan fingerprint density at radius 1 is 1.21 bits per heavy atom. The minimum atomic E-state index is -0.425. The highest BCUT2D eigenvalue weighted by molar-refractivity contribution is 5.88. The number of ketones is 1. The van der Waals surface area contributed by atoms with Crippen molar-refractivity contribution in [3.05, 3.63) is 39.9 Å². The van der Waals surface area contributed by atoms with Crippen LogP contribution in [0, 0.1) is 26.9 Å². The van der Waals surface area contributed by atoms with Crippen LogP contribution in [0.3, 0.4) is 0 Å². The minimum absolute atomic E-state index is 0.0141. The molecule has 1 fully saturated rings. The first-order valence-corrected chi connectivity index (χ1v) is 6.44. The summed E-state index contributed by atoms with van der Waals surface area (Å²) in [6.45, 7) is 8.31. The van der Waals surface area contributed by atoms with Gasteiger partial charge in [0.25, 0.3) is 5.69 Å². The maximum atomic E-state index is 12.4. The van der Waals surface area contributed by atoms with E-state index in [1.807, 2.05) is 0 Å². The summed E-state index contributed by atoms with van der Waals surface area (Å²) in [5.41, 5.74) is 0.504. The molecule has 1 aliphatic carbocycles. The summed E-state index contributed by atoms with van der Waals surface area (Å²) >= 11 is 0. The predicted octanol–water partition coefficient (Wildman–Crippen LogP) is 3.39. The monoisotopic (exact) mass is 261 g/mol. The SMILES string of the molecule is CC1(C)C(C(=O)Cc2ccccc2[N+](=O)[O-])C1(C)C. The van der Waals surface area contributed by atoms with E-state index in [1.165, 1.54) is 6.07 Å². The van der Waals surface area contributed by atoms with Gasteiger partial charge in [-0.1, -0.05) is 45.9 Å². The lowest BCUT2D eigenvalue weighted by Crippen LogP contribution is -2.11. The van der Waals surface area contributed by atoms with E-state index in [0.717, 1.165) is 0 Å². The highest BCUT2D eigenvalue weighted by Gasteiger charge is 2.67. The van der Waals surface area contributed by atoms with E-state index in [2.05, 4.69) is 27.7 Å². The molecule has 4 heteroatoms. The summed E-state index contributed by atoms with van der Waals surface area (Å²) in [7, 11) is 0. The van der Waals surface area contributed by atoms with E-state index in [9.17, 15) is 14.9 Å². The highest BCUT2D eigenvalue weighted by Crippen LogP contribution is 2.68. The number of carbonyl (C=O) groups is 1. The average molecular weight is 261 g/mol. The molecule has 2 rings (SSSR count). The number of nitrogens with zero attached hydrogens (tertiary/aromatic N) is 1. The van der Waals surface area contributed by atoms with Crippen LogP contribution < -0.4 is 0 Å². The first-order chi connectivity index (χ1) is 8.69. The van der Waals surface area contributed by atoms with Gasteiger partial charge in [0, 0.05) is 24.0 Å². The maximum Gasteiger partial charge on any atom is 0.273 e. The van der Waals surface area contributed by atoms with E-state index < -0.39 is 4.92 Å². The normalized spacial score (nSPS) is 20.0. The Bertz CT molecular complexity index is 532. The Morgan fingerprint density at radius 3 is 2.21 bits per heavy atom. The van der Waals surface area contributed by atoms with Crippen molar-refractivity contribution >= 4 is 11.5 Å². The van der Waals surface area contributed by atoms with Crippen molar-refractivity contribution in [2.24, 2.45) is 16.7 Å². The molecule has 1 saturated carbocycles. The standard InChI is InChI=1S/C15H19NO3/c1-14(2)13(15(14,3)4)12(17)9-10-7-5-6-8-11(10)16(18)19/h5-8,13H,9H2,1-4H3. The number of carbonyl (C=O) groups excluding carboxylic acids is 1. The summed E-state index contributed by atoms with van der Waals surface area (Å²) in [6.07, 6.45) is 0.147. The Morgan fingerprint density at radius 2 is 1.74 bits per heavy atom. The average Bonchev–Trinajstić information content (AvgIpc) is 2.69. The number of benzene rings is 1. The van der Waals surface area contributed by atoms with Crippen LogP contribution in [-0.2, 0) is 11.2 Å². The Kier molecular flexibility index (Phi) is 3.00. The van der Waals surface area contributed by atoms with E-state index >= 15 is 0 Å². The van der Waals surface area contributed by atoms with Gasteiger partial charge >= 0.3 is 0 Å². The number of nitro benzene ring substituents is 1. The minimum Gasteiger partial charge on any atom is -0.299 e. The molecular formula is C15H19NO3. The van der Waals surface area contributed by atoms with Crippen LogP contribution >= 0.6 is 0 Å². The summed E-state index contributed by atoms with van der Waals surface area (Å²) in [5.74, 6) is 0.0871. The second-order valence-corrected chi connectivity index (χ2v) is 6.41. The number of Topliss-reactive ketones (excluding diaryl/α,β-unsaturated/α-hetero) is 1. The summed E-state index contributed by atoms with van der Waals surface area (Å²) in [4.78, 5) is 22.9. The van der Waals surface area contributed by atoms with E-state index in [1.54, 1.807) is 18.2 Å². The molecule has 0 N–H and O–H groups in total. The largest absolute Gasteiger partial charge is 0.299 e. The summed E-state index contributed by atoms with van der Waals surface area (Å²) in [6, 6.07) is 6.47. The first kappa shape index (κ1) is 13.7. The van der Waals surface area contributed by atoms with Gasteiger partial charge in [-0.2, -0.15) is 0 Å². The molecule has 0 aliphatic heterocycles. The van der Waals surface area contributed by atoms with Gasteiger partial charge in [0.05, 0.1) is 4.92 Å². The fourth-order valence-electron chi connectivity index (χ4n) is 3.13. The van der Waals surface area contributed by atoms with Gasteiger partial charge in [0.1, 0.15) is 5.78 Å². The molecule has 0 atom stereocenters. The van der Waals surface area contributed by atoms with Crippen molar-refractivity contribution in [3.8, 4) is 0 Å². The molecule has 0 amide bonds. The van der Waals surface area contributed by atoms with Crippen molar-refractivity contribution in [1.29, 1.82) is 0 Å². The topological polar surface area (TPSA) is 60.2 Å². The molecule has 4 nitrogen and oxygen atoms in total. The van der Waals surface area contributed by atoms with Gasteiger partial charge in [-0.25, -0.2) is 0 Å². The zero-order chi connectivity index (χ0) is 14.4. The van der Waals surface area contributed by atoms with Gasteiger partial charge in [-0.15, -0.1) is 0 Å². The van der Waals surface area contributed by atoms with Crippen LogP contribution in [0.2, 0.25) is 0 Å². The van der Waals surface area contributed by atoms with Gasteiger partial charge in [0.15, 0.2) is 0 Å². The van der Waals surface area contributed by atoms with Crippen LogP contribution in [-0.4, -0.2) is 10.7 Å². The van der Waals surface area contributed by atoms with Crippen molar-refractivity contribution in [1.82, 2.24) is 0 Å². The number of para-hydroxylation sites is 1. The van der Waals surface area contributed by atoms with E-state index in [-0.39, 0.29) is 34.6 Å². The Hall–Kier alpha value is -1.71. The molecule has 1 aliphatic rings. The van der Waals surface area contributed by atoms with Crippen molar-refractivity contribution in [2.45, 2.75) is 34.1 Å². The van der Waals surface area contributed by atoms with Crippen molar-refractivity contribution in [3.63, 3.8) is 0 Å².